The molecule has 0 aliphatic carbocycles. The Morgan fingerprint density at radius 2 is 1.79 bits per heavy atom. The summed E-state index contributed by atoms with van der Waals surface area (Å²) in [7, 11) is 0. The number of Topliss-reactive ketones (excluding diaryl/α,β-unsaturated/α-hetero) is 1. The lowest BCUT2D eigenvalue weighted by atomic mass is 10.0. The third kappa shape index (κ3) is 7.59. The van der Waals surface area contributed by atoms with Crippen LogP contribution in [0.2, 0.25) is 0 Å². The van der Waals surface area contributed by atoms with Gasteiger partial charge in [0.2, 0.25) is 0 Å². The minimum absolute atomic E-state index is 0.0307. The lowest BCUT2D eigenvalue weighted by Gasteiger charge is -2.17. The van der Waals surface area contributed by atoms with Crippen LogP contribution in [0, 0.1) is 0 Å². The Bertz CT molecular complexity index is 560. The number of hydrogen-bond donors (Lipinski definition) is 2. The second-order valence-electron chi connectivity index (χ2n) is 5.22. The molecule has 0 unspecified atom stereocenters. The highest BCUT2D eigenvalue weighted by Crippen LogP contribution is 2.14. The topological polar surface area (TPSA) is 84.5 Å². The number of hydrogen-bond acceptors (Lipinski definition) is 4. The molecule has 0 aliphatic heterocycles. The molecule has 24 heavy (non-hydrogen) atoms. The second-order valence-corrected chi connectivity index (χ2v) is 6.13. The first-order valence-corrected chi connectivity index (χ1v) is 8.77. The van der Waals surface area contributed by atoms with Gasteiger partial charge in [0.15, 0.2) is 5.78 Å². The number of halogens is 1. The van der Waals surface area contributed by atoms with Crippen molar-refractivity contribution in [1.29, 1.82) is 0 Å². The summed E-state index contributed by atoms with van der Waals surface area (Å²) in [4.78, 5) is 35.6. The lowest BCUT2D eigenvalue weighted by Crippen LogP contribution is -2.43. The van der Waals surface area contributed by atoms with Gasteiger partial charge < -0.3 is 15.4 Å². The molecule has 1 aromatic carbocycles. The molecule has 0 spiro atoms. The molecule has 1 rings (SSSR count). The summed E-state index contributed by atoms with van der Waals surface area (Å²) in [5, 5.41) is 5.36. The van der Waals surface area contributed by atoms with Crippen LogP contribution in [-0.4, -0.2) is 30.4 Å². The van der Waals surface area contributed by atoms with Crippen molar-refractivity contribution >= 4 is 39.4 Å². The first-order valence-electron chi connectivity index (χ1n) is 7.97. The summed E-state index contributed by atoms with van der Waals surface area (Å²) >= 11 is 3.32. The number of benzene rings is 1. The van der Waals surface area contributed by atoms with Gasteiger partial charge in [-0.2, -0.15) is 0 Å². The van der Waals surface area contributed by atoms with Crippen molar-refractivity contribution in [2.45, 2.75) is 45.6 Å². The van der Waals surface area contributed by atoms with Crippen LogP contribution in [0.4, 0.5) is 10.5 Å². The van der Waals surface area contributed by atoms with Crippen molar-refractivity contribution in [2.75, 3.05) is 11.9 Å². The molecule has 1 aromatic rings. The van der Waals surface area contributed by atoms with Crippen LogP contribution < -0.4 is 10.6 Å². The first kappa shape index (κ1) is 20.2. The van der Waals surface area contributed by atoms with E-state index in [9.17, 15) is 14.4 Å². The maximum absolute atomic E-state index is 12.2. The van der Waals surface area contributed by atoms with E-state index in [0.717, 1.165) is 10.9 Å². The van der Waals surface area contributed by atoms with Crippen LogP contribution in [0.5, 0.6) is 0 Å². The van der Waals surface area contributed by atoms with E-state index in [1.54, 1.807) is 19.1 Å². The van der Waals surface area contributed by atoms with E-state index in [4.69, 9.17) is 4.74 Å². The Morgan fingerprint density at radius 1 is 1.12 bits per heavy atom. The van der Waals surface area contributed by atoms with Gasteiger partial charge >= 0.3 is 12.0 Å². The van der Waals surface area contributed by atoms with Crippen molar-refractivity contribution in [2.24, 2.45) is 0 Å². The van der Waals surface area contributed by atoms with Gasteiger partial charge in [-0.25, -0.2) is 4.79 Å². The van der Waals surface area contributed by atoms with Crippen LogP contribution in [0.15, 0.2) is 28.7 Å². The maximum atomic E-state index is 12.2. The van der Waals surface area contributed by atoms with Crippen molar-refractivity contribution < 1.29 is 19.1 Å². The molecule has 0 saturated carbocycles. The summed E-state index contributed by atoms with van der Waals surface area (Å²) in [6.07, 6.45) is 1.36. The van der Waals surface area contributed by atoms with Crippen LogP contribution >= 0.6 is 15.9 Å². The fraction of sp³-hybridized carbons (Fsp3) is 0.471. The summed E-state index contributed by atoms with van der Waals surface area (Å²) in [5.74, 6) is -0.573. The zero-order valence-corrected chi connectivity index (χ0v) is 15.5. The Morgan fingerprint density at radius 3 is 2.38 bits per heavy atom. The quantitative estimate of drug-likeness (QED) is 0.621. The summed E-state index contributed by atoms with van der Waals surface area (Å²) in [6, 6.07) is 6.07. The fourth-order valence-corrected chi connectivity index (χ4v) is 2.36. The molecular formula is C17H23BrN2O4. The second kappa shape index (κ2) is 10.8. The zero-order chi connectivity index (χ0) is 17.9. The number of carbonyl (C=O) groups is 3. The predicted octanol–water partition coefficient (Wildman–Crippen LogP) is 3.65. The number of nitrogens with one attached hydrogen (secondary N) is 2. The highest BCUT2D eigenvalue weighted by Gasteiger charge is 2.20. The number of urea groups is 1. The Balaban J connectivity index is 2.54. The van der Waals surface area contributed by atoms with E-state index in [-0.39, 0.29) is 18.6 Å². The van der Waals surface area contributed by atoms with E-state index < -0.39 is 18.0 Å². The smallest absolute Gasteiger partial charge is 0.319 e. The van der Waals surface area contributed by atoms with Crippen molar-refractivity contribution in [3.63, 3.8) is 0 Å². The van der Waals surface area contributed by atoms with E-state index in [1.165, 1.54) is 0 Å². The molecule has 6 nitrogen and oxygen atoms in total. The highest BCUT2D eigenvalue weighted by atomic mass is 79.9. The molecule has 0 radical (unpaired) electrons. The molecule has 0 aromatic heterocycles. The Kier molecular flexibility index (Phi) is 9.07. The van der Waals surface area contributed by atoms with E-state index in [1.807, 2.05) is 19.1 Å². The van der Waals surface area contributed by atoms with Gasteiger partial charge in [-0.3, -0.25) is 9.59 Å². The molecule has 2 amide bonds. The molecule has 0 fully saturated rings. The predicted molar refractivity (Wildman–Crippen MR) is 95.9 cm³/mol. The number of amides is 2. The molecule has 2 N–H and O–H groups in total. The largest absolute Gasteiger partial charge is 0.466 e. The number of esters is 1. The molecule has 0 bridgehead atoms. The fourth-order valence-electron chi connectivity index (χ4n) is 2.09. The van der Waals surface area contributed by atoms with Crippen LogP contribution in [0.1, 0.15) is 39.5 Å². The Labute approximate surface area is 150 Å². The van der Waals surface area contributed by atoms with E-state index in [0.29, 0.717) is 18.7 Å². The van der Waals surface area contributed by atoms with Crippen molar-refractivity contribution in [1.82, 2.24) is 5.32 Å². The van der Waals surface area contributed by atoms with Gasteiger partial charge in [-0.05, 0) is 37.6 Å². The van der Waals surface area contributed by atoms with Gasteiger partial charge in [0.1, 0.15) is 0 Å². The number of anilines is 1. The maximum Gasteiger partial charge on any atom is 0.319 e. The Hall–Kier alpha value is -1.89. The van der Waals surface area contributed by atoms with E-state index in [2.05, 4.69) is 26.6 Å². The monoisotopic (exact) mass is 398 g/mol. The summed E-state index contributed by atoms with van der Waals surface area (Å²) in [6.45, 7) is 3.94. The number of rotatable bonds is 9. The lowest BCUT2D eigenvalue weighted by molar-refractivity contribution is -0.144. The van der Waals surface area contributed by atoms with Gasteiger partial charge in [0.05, 0.1) is 19.1 Å². The first-order chi connectivity index (χ1) is 11.5. The minimum atomic E-state index is -0.611. The van der Waals surface area contributed by atoms with Gasteiger partial charge in [-0.15, -0.1) is 0 Å². The SMILES string of the molecule is CCC[C@H](NC(=O)Nc1ccc(Br)cc1)C(=O)CCC(=O)OCC. The van der Waals surface area contributed by atoms with Crippen LogP contribution in [-0.2, 0) is 14.3 Å². The molecule has 0 aliphatic rings. The van der Waals surface area contributed by atoms with Gasteiger partial charge in [0.25, 0.3) is 0 Å². The third-order valence-corrected chi connectivity index (χ3v) is 3.78. The summed E-state index contributed by atoms with van der Waals surface area (Å²) in [5.41, 5.74) is 0.630. The average molecular weight is 399 g/mol. The van der Waals surface area contributed by atoms with E-state index >= 15 is 0 Å². The van der Waals surface area contributed by atoms with Crippen molar-refractivity contribution in [3.8, 4) is 0 Å². The number of carbonyl (C=O) groups excluding carboxylic acids is 3. The average Bonchev–Trinajstić information content (AvgIpc) is 2.54. The standard InChI is InChI=1S/C17H23BrN2O4/c1-3-5-14(15(21)10-11-16(22)24-4-2)20-17(23)19-13-8-6-12(18)7-9-13/h6-9,14H,3-5,10-11H2,1-2H3,(H2,19,20,23)/t14-/m0/s1. The summed E-state index contributed by atoms with van der Waals surface area (Å²) < 4.78 is 5.72. The van der Waals surface area contributed by atoms with Crippen LogP contribution in [0.25, 0.3) is 0 Å². The number of ether oxygens (including phenoxy) is 1. The van der Waals surface area contributed by atoms with Crippen LogP contribution in [0.3, 0.4) is 0 Å². The molecule has 132 valence electrons. The van der Waals surface area contributed by atoms with Gasteiger partial charge in [-0.1, -0.05) is 29.3 Å². The normalized spacial score (nSPS) is 11.5. The molecule has 0 saturated heterocycles. The molecule has 1 atom stereocenters. The van der Waals surface area contributed by atoms with Gasteiger partial charge in [0, 0.05) is 16.6 Å². The highest BCUT2D eigenvalue weighted by molar-refractivity contribution is 9.10. The van der Waals surface area contributed by atoms with Crippen molar-refractivity contribution in [3.05, 3.63) is 28.7 Å². The number of ketones is 1. The third-order valence-electron chi connectivity index (χ3n) is 3.25. The molecular weight excluding hydrogens is 376 g/mol. The molecule has 0 heterocycles. The molecule has 7 heteroatoms. The minimum Gasteiger partial charge on any atom is -0.466 e. The zero-order valence-electron chi connectivity index (χ0n) is 13.9.